The van der Waals surface area contributed by atoms with Crippen molar-refractivity contribution < 1.29 is 22.5 Å². The van der Waals surface area contributed by atoms with Gasteiger partial charge in [-0.1, -0.05) is 11.3 Å². The summed E-state index contributed by atoms with van der Waals surface area (Å²) in [4.78, 5) is 12.0. The van der Waals surface area contributed by atoms with Gasteiger partial charge in [0.25, 0.3) is 0 Å². The van der Waals surface area contributed by atoms with Crippen LogP contribution in [-0.2, 0) is 22.1 Å². The number of nitrogens with two attached hydrogens (primary N) is 1. The van der Waals surface area contributed by atoms with Crippen molar-refractivity contribution in [1.29, 1.82) is 0 Å². The van der Waals surface area contributed by atoms with Gasteiger partial charge in [-0.2, -0.15) is 13.2 Å². The second-order valence-corrected chi connectivity index (χ2v) is 8.32. The maximum Gasteiger partial charge on any atom is 0.417 e. The van der Waals surface area contributed by atoms with E-state index in [4.69, 9.17) is 10.5 Å². The average molecular weight is 416 g/mol. The lowest BCUT2D eigenvalue weighted by Crippen LogP contribution is -2.10. The highest BCUT2D eigenvalue weighted by Crippen LogP contribution is 2.45. The smallest absolute Gasteiger partial charge is 0.417 e. The molecule has 144 valence electrons. The summed E-state index contributed by atoms with van der Waals surface area (Å²) in [6.45, 7) is 0.404. The number of hydrogen-bond acceptors (Lipinski definition) is 7. The van der Waals surface area contributed by atoms with Crippen LogP contribution >= 0.6 is 11.3 Å². The highest BCUT2D eigenvalue weighted by Gasteiger charge is 2.37. The van der Waals surface area contributed by atoms with Gasteiger partial charge in [0.05, 0.1) is 23.3 Å². The van der Waals surface area contributed by atoms with Crippen LogP contribution in [0.2, 0.25) is 0 Å². The minimum Gasteiger partial charge on any atom is -0.611 e. The van der Waals surface area contributed by atoms with Gasteiger partial charge in [-0.25, -0.2) is 15.0 Å². The molecule has 0 saturated carbocycles. The van der Waals surface area contributed by atoms with E-state index in [9.17, 15) is 17.7 Å². The summed E-state index contributed by atoms with van der Waals surface area (Å²) in [5, 5.41) is -0.219. The first-order chi connectivity index (χ1) is 12.8. The van der Waals surface area contributed by atoms with Gasteiger partial charge in [0, 0.05) is 31.5 Å². The average Bonchev–Trinajstić information content (AvgIpc) is 2.98. The van der Waals surface area contributed by atoms with E-state index in [0.717, 1.165) is 17.4 Å². The van der Waals surface area contributed by atoms with Crippen molar-refractivity contribution in [2.45, 2.75) is 16.8 Å². The third kappa shape index (κ3) is 4.15. The molecule has 0 bridgehead atoms. The first kappa shape index (κ1) is 19.8. The Balaban J connectivity index is 2.14. The Hall–Kier alpha value is -1.95. The molecule has 0 aliphatic rings. The molecule has 0 fully saturated rings. The molecule has 6 nitrogen and oxygen atoms in total. The van der Waals surface area contributed by atoms with Gasteiger partial charge in [-0.05, 0) is 17.2 Å². The van der Waals surface area contributed by atoms with E-state index >= 15 is 0 Å². The van der Waals surface area contributed by atoms with E-state index in [1.54, 1.807) is 0 Å². The maximum atomic E-state index is 13.7. The molecule has 0 amide bonds. The third-order valence-corrected chi connectivity index (χ3v) is 6.71. The van der Waals surface area contributed by atoms with Gasteiger partial charge >= 0.3 is 6.18 Å². The minimum atomic E-state index is -4.64. The van der Waals surface area contributed by atoms with Crippen LogP contribution in [0, 0.1) is 0 Å². The fourth-order valence-corrected chi connectivity index (χ4v) is 5.12. The van der Waals surface area contributed by atoms with Gasteiger partial charge in [-0.3, -0.25) is 0 Å². The fraction of sp³-hybridized carbons (Fsp3) is 0.312. The Morgan fingerprint density at radius 3 is 2.63 bits per heavy atom. The standard InChI is InChI=1S/C16H15F3N4O2S2/c1-25-3-2-4-27(24)15-13(20)12-10(16(17,18)19)5-11(23-14(12)26-15)9-6-21-8-22-7-9/h5-8H,2-4,20H2,1H3/t27-/m0/s1. The molecule has 0 aliphatic heterocycles. The number of anilines is 1. The molecule has 3 rings (SSSR count). The number of fused-ring (bicyclic) bond motifs is 1. The van der Waals surface area contributed by atoms with Crippen molar-refractivity contribution in [3.05, 3.63) is 30.4 Å². The molecule has 3 aromatic heterocycles. The Morgan fingerprint density at radius 1 is 1.30 bits per heavy atom. The van der Waals surface area contributed by atoms with Crippen molar-refractivity contribution in [1.82, 2.24) is 15.0 Å². The number of thiophene rings is 1. The molecule has 3 heterocycles. The second-order valence-electron chi connectivity index (χ2n) is 5.56. The summed E-state index contributed by atoms with van der Waals surface area (Å²) in [7, 11) is 1.52. The van der Waals surface area contributed by atoms with Gasteiger partial charge in [0.1, 0.15) is 22.6 Å². The number of alkyl halides is 3. The quantitative estimate of drug-likeness (QED) is 0.488. The zero-order chi connectivity index (χ0) is 19.6. The number of aromatic nitrogens is 3. The Labute approximate surface area is 159 Å². The molecule has 1 atom stereocenters. The zero-order valence-corrected chi connectivity index (χ0v) is 15.7. The molecule has 0 aliphatic carbocycles. The summed E-state index contributed by atoms with van der Waals surface area (Å²) >= 11 is -0.623. The molecule has 11 heteroatoms. The second kappa shape index (κ2) is 7.97. The molecule has 3 aromatic rings. The normalized spacial score (nSPS) is 13.2. The van der Waals surface area contributed by atoms with E-state index < -0.39 is 22.9 Å². The van der Waals surface area contributed by atoms with E-state index in [2.05, 4.69) is 15.0 Å². The van der Waals surface area contributed by atoms with Gasteiger partial charge in [-0.15, -0.1) is 0 Å². The number of ether oxygens (including phenoxy) is 1. The fourth-order valence-electron chi connectivity index (χ4n) is 2.50. The number of halogens is 3. The van der Waals surface area contributed by atoms with Crippen LogP contribution in [0.5, 0.6) is 0 Å². The minimum absolute atomic E-state index is 0.0772. The highest BCUT2D eigenvalue weighted by molar-refractivity contribution is 7.93. The van der Waals surface area contributed by atoms with Crippen LogP contribution in [0.3, 0.4) is 0 Å². The predicted octanol–water partition coefficient (Wildman–Crippen LogP) is 3.50. The lowest BCUT2D eigenvalue weighted by molar-refractivity contribution is -0.136. The third-order valence-electron chi connectivity index (χ3n) is 3.71. The van der Waals surface area contributed by atoms with Gasteiger partial charge in [0.2, 0.25) is 4.21 Å². The van der Waals surface area contributed by atoms with Crippen LogP contribution in [0.25, 0.3) is 21.5 Å². The first-order valence-electron chi connectivity index (χ1n) is 7.75. The van der Waals surface area contributed by atoms with Crippen LogP contribution in [0.1, 0.15) is 12.0 Å². The number of methoxy groups -OCH3 is 1. The number of nitrogens with zero attached hydrogens (tertiary/aromatic N) is 3. The van der Waals surface area contributed by atoms with Gasteiger partial charge < -0.3 is 15.0 Å². The molecular weight excluding hydrogens is 401 g/mol. The molecular formula is C16H15F3N4O2S2. The molecule has 0 spiro atoms. The zero-order valence-electron chi connectivity index (χ0n) is 14.1. The predicted molar refractivity (Wildman–Crippen MR) is 97.8 cm³/mol. The maximum absolute atomic E-state index is 13.7. The Bertz CT molecular complexity index is 935. The lowest BCUT2D eigenvalue weighted by Gasteiger charge is -2.11. The summed E-state index contributed by atoms with van der Waals surface area (Å²) in [6, 6.07) is 0.918. The van der Waals surface area contributed by atoms with E-state index in [1.165, 1.54) is 25.8 Å². The summed E-state index contributed by atoms with van der Waals surface area (Å²) in [5.41, 5.74) is 5.32. The van der Waals surface area contributed by atoms with Crippen molar-refractivity contribution in [2.75, 3.05) is 25.2 Å². The van der Waals surface area contributed by atoms with Crippen LogP contribution in [-0.4, -0.2) is 39.0 Å². The molecule has 2 N–H and O–H groups in total. The van der Waals surface area contributed by atoms with Crippen molar-refractivity contribution in [2.24, 2.45) is 0 Å². The molecule has 27 heavy (non-hydrogen) atoms. The summed E-state index contributed by atoms with van der Waals surface area (Å²) < 4.78 is 58.5. The van der Waals surface area contributed by atoms with E-state index in [0.29, 0.717) is 18.6 Å². The lowest BCUT2D eigenvalue weighted by atomic mass is 10.1. The Kier molecular flexibility index (Phi) is 5.84. The highest BCUT2D eigenvalue weighted by atomic mass is 32.2. The van der Waals surface area contributed by atoms with Crippen LogP contribution in [0.15, 0.2) is 29.0 Å². The van der Waals surface area contributed by atoms with Crippen molar-refractivity contribution >= 4 is 38.4 Å². The van der Waals surface area contributed by atoms with Crippen LogP contribution in [0.4, 0.5) is 18.9 Å². The van der Waals surface area contributed by atoms with Crippen molar-refractivity contribution in [3.8, 4) is 11.3 Å². The van der Waals surface area contributed by atoms with Crippen molar-refractivity contribution in [3.63, 3.8) is 0 Å². The number of nitrogen functional groups attached to an aromatic ring is 1. The summed E-state index contributed by atoms with van der Waals surface area (Å²) in [5.74, 6) is 0.242. The topological polar surface area (TPSA) is 97.0 Å². The van der Waals surface area contributed by atoms with E-state index in [1.807, 2.05) is 0 Å². The largest absolute Gasteiger partial charge is 0.611 e. The summed E-state index contributed by atoms with van der Waals surface area (Å²) in [6.07, 6.45) is -0.111. The monoisotopic (exact) mass is 416 g/mol. The SMILES string of the molecule is COCCC[S@+]([O-])c1sc2nc(-c3cncnc3)cc(C(F)(F)F)c2c1N. The molecule has 0 saturated heterocycles. The molecule has 0 unspecified atom stereocenters. The molecule has 0 radical (unpaired) electrons. The van der Waals surface area contributed by atoms with Gasteiger partial charge in [0.15, 0.2) is 0 Å². The number of rotatable bonds is 6. The Morgan fingerprint density at radius 2 is 2.00 bits per heavy atom. The number of hydrogen-bond donors (Lipinski definition) is 1. The first-order valence-corrected chi connectivity index (χ1v) is 9.89. The molecule has 0 aromatic carbocycles. The van der Waals surface area contributed by atoms with Crippen LogP contribution < -0.4 is 5.73 Å². The number of pyridine rings is 1. The van der Waals surface area contributed by atoms with E-state index in [-0.39, 0.29) is 31.6 Å².